The molecule has 53 heavy (non-hydrogen) atoms. The SMILES string of the molecule is COc1ccc(NC(=O)N(C)C[C@@H]2OCCCC[C@@H](C)Oc3ccc(NC(=O)Nc4ccc(C(F)(F)F)cc4)cc3C(=O)N([C@H](C)CO)C[C@H]2C)cc1. The van der Waals surface area contributed by atoms with Crippen LogP contribution >= 0.6 is 0 Å². The minimum Gasteiger partial charge on any atom is -0.497 e. The number of nitrogens with zero attached hydrogens (tertiary/aromatic N) is 2. The molecule has 4 rings (SSSR count). The van der Waals surface area contributed by atoms with Gasteiger partial charge in [0.15, 0.2) is 0 Å². The molecule has 0 fully saturated rings. The Hall–Kier alpha value is -5.02. The number of nitrogens with one attached hydrogen (secondary N) is 3. The predicted molar refractivity (Wildman–Crippen MR) is 196 cm³/mol. The molecule has 12 nitrogen and oxygen atoms in total. The van der Waals surface area contributed by atoms with E-state index < -0.39 is 35.8 Å². The summed E-state index contributed by atoms with van der Waals surface area (Å²) in [6, 6.07) is 13.9. The first-order valence-corrected chi connectivity index (χ1v) is 17.4. The number of carbonyl (C=O) groups is 3. The van der Waals surface area contributed by atoms with Crippen LogP contribution in [0.5, 0.6) is 11.5 Å². The average molecular weight is 744 g/mol. The number of ether oxygens (including phenoxy) is 3. The molecular formula is C38H48F3N5O7. The Kier molecular flexibility index (Phi) is 14.3. The molecule has 1 heterocycles. The second kappa shape index (κ2) is 18.6. The average Bonchev–Trinajstić information content (AvgIpc) is 3.12. The van der Waals surface area contributed by atoms with Crippen molar-refractivity contribution in [2.24, 2.45) is 5.92 Å². The van der Waals surface area contributed by atoms with Gasteiger partial charge in [0.05, 0.1) is 43.1 Å². The molecule has 0 aliphatic carbocycles. The van der Waals surface area contributed by atoms with E-state index >= 15 is 0 Å². The van der Waals surface area contributed by atoms with Crippen molar-refractivity contribution in [3.8, 4) is 11.5 Å². The topological polar surface area (TPSA) is 142 Å². The third-order valence-electron chi connectivity index (χ3n) is 8.92. The summed E-state index contributed by atoms with van der Waals surface area (Å²) in [4.78, 5) is 43.4. The lowest BCUT2D eigenvalue weighted by Gasteiger charge is -2.35. The standard InChI is InChI=1S/C38H48F3N5O7/c1-24-21-46(25(2)23-47)35(48)32-20-30(43-36(49)42-28-11-9-27(10-12-28)38(39,40)41)15-18-33(32)53-26(3)8-6-7-19-52-34(24)22-45(4)37(50)44-29-13-16-31(51-5)17-14-29/h9-18,20,24-26,34,47H,6-8,19,21-23H2,1-5H3,(H,44,50)(H2,42,43,49)/t24-,25-,26-,34+/m1/s1. The number of benzene rings is 3. The monoisotopic (exact) mass is 743 g/mol. The lowest BCUT2D eigenvalue weighted by molar-refractivity contribution is -0.137. The maximum absolute atomic E-state index is 14.4. The molecule has 0 aromatic heterocycles. The van der Waals surface area contributed by atoms with E-state index in [9.17, 15) is 32.7 Å². The summed E-state index contributed by atoms with van der Waals surface area (Å²) < 4.78 is 56.7. The van der Waals surface area contributed by atoms with Crippen LogP contribution in [-0.4, -0.2) is 91.6 Å². The molecule has 0 spiro atoms. The number of aliphatic hydroxyl groups is 1. The van der Waals surface area contributed by atoms with Crippen LogP contribution in [0.15, 0.2) is 66.7 Å². The summed E-state index contributed by atoms with van der Waals surface area (Å²) >= 11 is 0. The van der Waals surface area contributed by atoms with Crippen LogP contribution in [-0.2, 0) is 10.9 Å². The van der Waals surface area contributed by atoms with E-state index in [1.807, 2.05) is 13.8 Å². The Morgan fingerprint density at radius 3 is 2.25 bits per heavy atom. The van der Waals surface area contributed by atoms with Gasteiger partial charge in [-0.15, -0.1) is 0 Å². The number of urea groups is 2. The highest BCUT2D eigenvalue weighted by molar-refractivity contribution is 6.02. The number of likely N-dealkylation sites (N-methyl/N-ethyl adjacent to an activating group) is 1. The Morgan fingerprint density at radius 1 is 0.981 bits per heavy atom. The fourth-order valence-electron chi connectivity index (χ4n) is 5.74. The number of halogens is 3. The number of carbonyl (C=O) groups excluding carboxylic acids is 3. The first-order chi connectivity index (χ1) is 25.2. The Morgan fingerprint density at radius 2 is 1.60 bits per heavy atom. The molecule has 4 atom stereocenters. The number of hydrogen-bond donors (Lipinski definition) is 4. The van der Waals surface area contributed by atoms with Crippen molar-refractivity contribution < 1.29 is 46.9 Å². The van der Waals surface area contributed by atoms with Crippen molar-refractivity contribution >= 4 is 35.0 Å². The number of hydrogen-bond acceptors (Lipinski definition) is 7. The molecule has 4 N–H and O–H groups in total. The number of alkyl halides is 3. The summed E-state index contributed by atoms with van der Waals surface area (Å²) in [5, 5.41) is 18.2. The van der Waals surface area contributed by atoms with Gasteiger partial charge < -0.3 is 45.1 Å². The zero-order valence-corrected chi connectivity index (χ0v) is 30.5. The minimum absolute atomic E-state index is 0.139. The van der Waals surface area contributed by atoms with Gasteiger partial charge in [-0.3, -0.25) is 4.79 Å². The molecule has 0 bridgehead atoms. The Bertz CT molecular complexity index is 1670. The zero-order chi connectivity index (χ0) is 38.7. The summed E-state index contributed by atoms with van der Waals surface area (Å²) in [5.74, 6) is 0.187. The van der Waals surface area contributed by atoms with E-state index in [1.165, 1.54) is 15.9 Å². The van der Waals surface area contributed by atoms with Crippen molar-refractivity contribution in [3.63, 3.8) is 0 Å². The van der Waals surface area contributed by atoms with Crippen LogP contribution in [0.1, 0.15) is 56.0 Å². The maximum atomic E-state index is 14.4. The summed E-state index contributed by atoms with van der Waals surface area (Å²) in [7, 11) is 3.22. The summed E-state index contributed by atoms with van der Waals surface area (Å²) in [6.45, 7) is 5.98. The van der Waals surface area contributed by atoms with Crippen LogP contribution in [0.3, 0.4) is 0 Å². The van der Waals surface area contributed by atoms with Crippen LogP contribution in [0.4, 0.5) is 39.8 Å². The predicted octanol–water partition coefficient (Wildman–Crippen LogP) is 7.32. The van der Waals surface area contributed by atoms with Crippen molar-refractivity contribution in [1.29, 1.82) is 0 Å². The maximum Gasteiger partial charge on any atom is 0.416 e. The van der Waals surface area contributed by atoms with E-state index in [4.69, 9.17) is 14.2 Å². The molecule has 0 unspecified atom stereocenters. The molecule has 0 saturated carbocycles. The highest BCUT2D eigenvalue weighted by Gasteiger charge is 2.32. The summed E-state index contributed by atoms with van der Waals surface area (Å²) in [5.41, 5.74) is 0.256. The third kappa shape index (κ3) is 11.7. The molecule has 288 valence electrons. The number of amides is 5. The first-order valence-electron chi connectivity index (χ1n) is 17.4. The zero-order valence-electron chi connectivity index (χ0n) is 30.5. The molecule has 5 amide bonds. The van der Waals surface area contributed by atoms with Crippen LogP contribution in [0.2, 0.25) is 0 Å². The number of fused-ring (bicyclic) bond motifs is 1. The number of rotatable bonds is 8. The highest BCUT2D eigenvalue weighted by Crippen LogP contribution is 2.31. The second-order valence-electron chi connectivity index (χ2n) is 13.2. The highest BCUT2D eigenvalue weighted by atomic mass is 19.4. The van der Waals surface area contributed by atoms with E-state index in [2.05, 4.69) is 16.0 Å². The fourth-order valence-corrected chi connectivity index (χ4v) is 5.74. The summed E-state index contributed by atoms with van der Waals surface area (Å²) in [6.07, 6.45) is -3.10. The van der Waals surface area contributed by atoms with Gasteiger partial charge in [-0.25, -0.2) is 9.59 Å². The van der Waals surface area contributed by atoms with Crippen LogP contribution < -0.4 is 25.4 Å². The molecule has 1 aliphatic rings. The Labute approximate surface area is 307 Å². The van der Waals surface area contributed by atoms with Gasteiger partial charge in [-0.05, 0) is 99.8 Å². The van der Waals surface area contributed by atoms with Crippen molar-refractivity contribution in [3.05, 3.63) is 77.9 Å². The van der Waals surface area contributed by atoms with Crippen LogP contribution in [0.25, 0.3) is 0 Å². The van der Waals surface area contributed by atoms with Crippen molar-refractivity contribution in [2.75, 3.05) is 56.4 Å². The number of aliphatic hydroxyl groups excluding tert-OH is 1. The molecule has 15 heteroatoms. The number of anilines is 3. The molecule has 0 radical (unpaired) electrons. The van der Waals surface area contributed by atoms with Gasteiger partial charge in [0.1, 0.15) is 11.5 Å². The fraction of sp³-hybridized carbons (Fsp3) is 0.447. The lowest BCUT2D eigenvalue weighted by atomic mass is 10.0. The quantitative estimate of drug-likeness (QED) is 0.190. The minimum atomic E-state index is -4.51. The van der Waals surface area contributed by atoms with E-state index in [0.29, 0.717) is 30.2 Å². The third-order valence-corrected chi connectivity index (χ3v) is 8.92. The lowest BCUT2D eigenvalue weighted by Crippen LogP contribution is -2.48. The van der Waals surface area contributed by atoms with Crippen molar-refractivity contribution in [2.45, 2.75) is 64.5 Å². The van der Waals surface area contributed by atoms with Gasteiger partial charge in [0.25, 0.3) is 5.91 Å². The first kappa shape index (κ1) is 40.7. The van der Waals surface area contributed by atoms with E-state index in [1.54, 1.807) is 57.5 Å². The van der Waals surface area contributed by atoms with Crippen LogP contribution in [0, 0.1) is 5.92 Å². The molecule has 0 saturated heterocycles. The molecular weight excluding hydrogens is 695 g/mol. The largest absolute Gasteiger partial charge is 0.497 e. The molecule has 3 aromatic carbocycles. The number of methoxy groups -OCH3 is 1. The van der Waals surface area contributed by atoms with Gasteiger partial charge in [0.2, 0.25) is 0 Å². The van der Waals surface area contributed by atoms with Gasteiger partial charge in [-0.2, -0.15) is 13.2 Å². The van der Waals surface area contributed by atoms with E-state index in [-0.39, 0.29) is 54.7 Å². The smallest absolute Gasteiger partial charge is 0.416 e. The normalized spacial score (nSPS) is 19.2. The molecule has 3 aromatic rings. The van der Waals surface area contributed by atoms with Crippen molar-refractivity contribution in [1.82, 2.24) is 9.80 Å². The van der Waals surface area contributed by atoms with E-state index in [0.717, 1.165) is 37.1 Å². The van der Waals surface area contributed by atoms with Gasteiger partial charge >= 0.3 is 18.2 Å². The second-order valence-corrected chi connectivity index (χ2v) is 13.2. The van der Waals surface area contributed by atoms with Gasteiger partial charge in [-0.1, -0.05) is 6.92 Å². The Balaban J connectivity index is 1.55. The van der Waals surface area contributed by atoms with Gasteiger partial charge in [0, 0.05) is 49.7 Å². The molecule has 1 aliphatic heterocycles.